The Morgan fingerprint density at radius 1 is 1.13 bits per heavy atom. The molecule has 0 radical (unpaired) electrons. The lowest BCUT2D eigenvalue weighted by atomic mass is 9.97. The third kappa shape index (κ3) is 4.95. The lowest BCUT2D eigenvalue weighted by molar-refractivity contribution is -0.149. The van der Waals surface area contributed by atoms with Crippen LogP contribution in [-0.2, 0) is 34.8 Å². The fraction of sp³-hybridized carbons (Fsp3) is 0.406. The van der Waals surface area contributed by atoms with Gasteiger partial charge in [0.05, 0.1) is 39.9 Å². The number of hydrogen-bond donors (Lipinski definition) is 2. The minimum atomic E-state index is -0.724. The van der Waals surface area contributed by atoms with Crippen LogP contribution in [0, 0.1) is 5.95 Å². The molecule has 2 aliphatic heterocycles. The number of hydrogen-bond acceptors (Lipinski definition) is 7. The highest BCUT2D eigenvalue weighted by Crippen LogP contribution is 2.43. The number of rotatable bonds is 2. The third-order valence-electron chi connectivity index (χ3n) is 8.61. The summed E-state index contributed by atoms with van der Waals surface area (Å²) >= 11 is 0. The van der Waals surface area contributed by atoms with Crippen molar-refractivity contribution in [3.8, 4) is 22.4 Å². The van der Waals surface area contributed by atoms with E-state index in [1.807, 2.05) is 24.3 Å². The number of esters is 1. The van der Waals surface area contributed by atoms with Crippen LogP contribution in [0.2, 0.25) is 0 Å². The fourth-order valence-electron chi connectivity index (χ4n) is 6.67. The molecule has 6 heterocycles. The largest absolute Gasteiger partial charge is 0.460 e. The predicted octanol–water partition coefficient (Wildman–Crippen LogP) is 4.51. The SMILES string of the molecule is Cn1cc(-c2[nH]c3ncc4c5c3c2-c2ccc(cc2)CCC(=O)O[C@@H]2C[C@H](C[C@@H]2NC(=O)OC(C)(C)C)n5c(=O)n4C)c(F)n1. The lowest BCUT2D eigenvalue weighted by Gasteiger charge is -2.24. The Hall–Kier alpha value is -4.94. The van der Waals surface area contributed by atoms with Crippen molar-refractivity contribution in [2.45, 2.75) is 70.2 Å². The van der Waals surface area contributed by atoms with Gasteiger partial charge in [-0.2, -0.15) is 4.39 Å². The van der Waals surface area contributed by atoms with Gasteiger partial charge in [-0.15, -0.1) is 5.10 Å². The maximum Gasteiger partial charge on any atom is 0.408 e. The highest BCUT2D eigenvalue weighted by Gasteiger charge is 2.41. The molecule has 1 amide bonds. The molecule has 1 aliphatic carbocycles. The predicted molar refractivity (Wildman–Crippen MR) is 164 cm³/mol. The first-order valence-electron chi connectivity index (χ1n) is 15.0. The molecule has 1 fully saturated rings. The summed E-state index contributed by atoms with van der Waals surface area (Å²) in [6.45, 7) is 5.31. The Morgan fingerprint density at radius 2 is 1.89 bits per heavy atom. The Bertz CT molecular complexity index is 2050. The van der Waals surface area contributed by atoms with Gasteiger partial charge in [-0.3, -0.25) is 18.6 Å². The number of imidazole rings is 1. The summed E-state index contributed by atoms with van der Waals surface area (Å²) < 4.78 is 31.3. The summed E-state index contributed by atoms with van der Waals surface area (Å²) in [6.07, 6.45) is 3.11. The number of carbonyl (C=O) groups is 2. The van der Waals surface area contributed by atoms with Gasteiger partial charge >= 0.3 is 17.8 Å². The minimum absolute atomic E-state index is 0.139. The average molecular weight is 616 g/mol. The number of pyridine rings is 1. The van der Waals surface area contributed by atoms with Crippen LogP contribution in [0.15, 0.2) is 41.5 Å². The average Bonchev–Trinajstić information content (AvgIpc) is 3.69. The highest BCUT2D eigenvalue weighted by atomic mass is 19.1. The topological polar surface area (TPSA) is 138 Å². The van der Waals surface area contributed by atoms with Gasteiger partial charge in [-0.1, -0.05) is 24.3 Å². The monoisotopic (exact) mass is 615 g/mol. The zero-order valence-electron chi connectivity index (χ0n) is 25.7. The smallest absolute Gasteiger partial charge is 0.408 e. The summed E-state index contributed by atoms with van der Waals surface area (Å²) in [5.74, 6) is -1.03. The zero-order valence-corrected chi connectivity index (χ0v) is 25.7. The molecule has 12 nitrogen and oxygen atoms in total. The number of aromatic nitrogens is 6. The summed E-state index contributed by atoms with van der Waals surface area (Å²) in [4.78, 5) is 47.9. The molecule has 0 unspecified atom stereocenters. The number of aromatic amines is 1. The van der Waals surface area contributed by atoms with Gasteiger partial charge in [0.2, 0.25) is 5.95 Å². The molecule has 0 spiro atoms. The second-order valence-electron chi connectivity index (χ2n) is 12.9. The number of fused-ring (bicyclic) bond motifs is 5. The molecule has 234 valence electrons. The molecule has 2 N–H and O–H groups in total. The molecule has 1 aromatic carbocycles. The Balaban J connectivity index is 1.48. The number of benzene rings is 1. The number of aryl methyl sites for hydroxylation is 3. The molecule has 13 heteroatoms. The summed E-state index contributed by atoms with van der Waals surface area (Å²) in [5.41, 5.74) is 3.82. The van der Waals surface area contributed by atoms with Crippen LogP contribution in [0.25, 0.3) is 44.5 Å². The van der Waals surface area contributed by atoms with Crippen LogP contribution in [0.5, 0.6) is 0 Å². The van der Waals surface area contributed by atoms with E-state index in [9.17, 15) is 14.4 Å². The van der Waals surface area contributed by atoms with E-state index in [1.165, 1.54) is 9.25 Å². The zero-order chi connectivity index (χ0) is 31.8. The van der Waals surface area contributed by atoms with Crippen LogP contribution < -0.4 is 11.0 Å². The highest BCUT2D eigenvalue weighted by molar-refractivity contribution is 6.14. The maximum atomic E-state index is 15.2. The first-order chi connectivity index (χ1) is 21.4. The van der Waals surface area contributed by atoms with Gasteiger partial charge < -0.3 is 19.8 Å². The Morgan fingerprint density at radius 3 is 2.58 bits per heavy atom. The molecule has 3 atom stereocenters. The molecular formula is C32H34FN7O5. The van der Waals surface area contributed by atoms with E-state index >= 15 is 4.39 Å². The number of H-pyrrole nitrogens is 1. The van der Waals surface area contributed by atoms with Crippen molar-refractivity contribution in [3.63, 3.8) is 0 Å². The van der Waals surface area contributed by atoms with E-state index in [-0.39, 0.29) is 17.7 Å². The molecule has 5 aromatic rings. The molecular weight excluding hydrogens is 581 g/mol. The van der Waals surface area contributed by atoms with E-state index < -0.39 is 41.8 Å². The first-order valence-corrected chi connectivity index (χ1v) is 15.0. The normalized spacial score (nSPS) is 20.0. The van der Waals surface area contributed by atoms with E-state index in [1.54, 1.807) is 51.8 Å². The van der Waals surface area contributed by atoms with Gasteiger partial charge in [0, 0.05) is 44.7 Å². The van der Waals surface area contributed by atoms with Crippen LogP contribution in [-0.4, -0.2) is 58.7 Å². The van der Waals surface area contributed by atoms with Crippen LogP contribution in [0.3, 0.4) is 0 Å². The van der Waals surface area contributed by atoms with Crippen molar-refractivity contribution in [2.24, 2.45) is 14.1 Å². The lowest BCUT2D eigenvalue weighted by Crippen LogP contribution is -2.44. The van der Waals surface area contributed by atoms with Gasteiger partial charge in [-0.05, 0) is 44.7 Å². The van der Waals surface area contributed by atoms with Crippen LogP contribution in [0.1, 0.15) is 51.6 Å². The van der Waals surface area contributed by atoms with E-state index in [2.05, 4.69) is 20.4 Å². The maximum absolute atomic E-state index is 15.2. The Kier molecular flexibility index (Phi) is 6.60. The van der Waals surface area contributed by atoms with Crippen molar-refractivity contribution < 1.29 is 23.5 Å². The van der Waals surface area contributed by atoms with Gasteiger partial charge in [0.1, 0.15) is 17.4 Å². The standard InChI is InChI=1S/C32H34FN7O5/c1-32(2,3)45-30(42)35-20-12-18-13-22(20)44-23(41)11-8-16-6-9-17(10-7-16)24-25-27-21(39(5)31(43)40(18)27)14-34-29(25)36-26(24)19-15-38(4)37-28(19)33/h6-7,9-10,14-15,18,20,22H,8,11-13H2,1-5H3,(H,34,36)(H,35,42)/t18-,20-,22+/m0/s1. The van der Waals surface area contributed by atoms with Gasteiger partial charge in [0.25, 0.3) is 0 Å². The molecule has 1 saturated carbocycles. The number of carbonyl (C=O) groups excluding carboxylic acids is 2. The number of nitrogens with one attached hydrogen (secondary N) is 2. The van der Waals surface area contributed by atoms with Crippen molar-refractivity contribution in [2.75, 3.05) is 0 Å². The fourth-order valence-corrected chi connectivity index (χ4v) is 6.67. The first kappa shape index (κ1) is 28.8. The quantitative estimate of drug-likeness (QED) is 0.279. The molecule has 4 bridgehead atoms. The number of ether oxygens (including phenoxy) is 2. The van der Waals surface area contributed by atoms with E-state index in [0.717, 1.165) is 11.1 Å². The van der Waals surface area contributed by atoms with E-state index in [0.29, 0.717) is 52.6 Å². The van der Waals surface area contributed by atoms with Crippen molar-refractivity contribution >= 4 is 34.1 Å². The Labute approximate surface area is 257 Å². The molecule has 8 rings (SSSR count). The second-order valence-corrected chi connectivity index (χ2v) is 12.9. The summed E-state index contributed by atoms with van der Waals surface area (Å²) in [5, 5.41) is 7.48. The van der Waals surface area contributed by atoms with Crippen LogP contribution in [0.4, 0.5) is 9.18 Å². The van der Waals surface area contributed by atoms with Gasteiger partial charge in [-0.25, -0.2) is 14.6 Å². The van der Waals surface area contributed by atoms with Crippen molar-refractivity contribution in [1.82, 2.24) is 34.2 Å². The number of alkyl carbamates (subject to hydrolysis) is 1. The summed E-state index contributed by atoms with van der Waals surface area (Å²) in [6, 6.07) is 6.67. The molecule has 45 heavy (non-hydrogen) atoms. The molecule has 0 saturated heterocycles. The van der Waals surface area contributed by atoms with Crippen LogP contribution >= 0.6 is 0 Å². The molecule has 3 aliphatic rings. The van der Waals surface area contributed by atoms with Crippen molar-refractivity contribution in [3.05, 3.63) is 58.7 Å². The minimum Gasteiger partial charge on any atom is -0.460 e. The summed E-state index contributed by atoms with van der Waals surface area (Å²) in [7, 11) is 3.33. The molecule has 4 aromatic heterocycles. The number of amides is 1. The number of nitrogens with zero attached hydrogens (tertiary/aromatic N) is 5. The van der Waals surface area contributed by atoms with Gasteiger partial charge in [0.15, 0.2) is 0 Å². The second kappa shape index (κ2) is 10.3. The van der Waals surface area contributed by atoms with E-state index in [4.69, 9.17) is 9.47 Å². The third-order valence-corrected chi connectivity index (χ3v) is 8.61. The number of halogens is 1. The van der Waals surface area contributed by atoms with Crippen molar-refractivity contribution in [1.29, 1.82) is 0 Å².